The number of carbonyl (C=O) groups is 1. The van der Waals surface area contributed by atoms with Crippen LogP contribution in [0.4, 0.5) is 0 Å². The van der Waals surface area contributed by atoms with E-state index in [1.54, 1.807) is 19.4 Å². The molecule has 0 amide bonds. The van der Waals surface area contributed by atoms with Crippen molar-refractivity contribution in [3.8, 4) is 0 Å². The number of fused-ring (bicyclic) bond motifs is 1. The highest BCUT2D eigenvalue weighted by atomic mass is 16.5. The van der Waals surface area contributed by atoms with Crippen LogP contribution in [0.5, 0.6) is 0 Å². The standard InChI is InChI=1S/C11H11NO3/c1-7(15-8(2)13)10-5-9-3-4-14-11(9)6-12-10/h3-7H,1-2H3. The summed E-state index contributed by atoms with van der Waals surface area (Å²) in [4.78, 5) is 14.9. The first kappa shape index (κ1) is 9.71. The van der Waals surface area contributed by atoms with E-state index in [-0.39, 0.29) is 12.1 Å². The Hall–Kier alpha value is -1.84. The molecule has 0 aliphatic carbocycles. The minimum atomic E-state index is -0.332. The van der Waals surface area contributed by atoms with Crippen LogP contribution in [-0.2, 0) is 9.53 Å². The van der Waals surface area contributed by atoms with Crippen LogP contribution in [0.15, 0.2) is 29.0 Å². The van der Waals surface area contributed by atoms with E-state index >= 15 is 0 Å². The van der Waals surface area contributed by atoms with Gasteiger partial charge in [-0.1, -0.05) is 0 Å². The molecule has 4 heteroatoms. The third kappa shape index (κ3) is 1.98. The van der Waals surface area contributed by atoms with Crippen molar-refractivity contribution < 1.29 is 13.9 Å². The van der Waals surface area contributed by atoms with Gasteiger partial charge in [0.25, 0.3) is 0 Å². The van der Waals surface area contributed by atoms with Gasteiger partial charge >= 0.3 is 5.97 Å². The molecule has 2 aromatic heterocycles. The molecule has 0 saturated heterocycles. The largest absolute Gasteiger partial charge is 0.463 e. The van der Waals surface area contributed by atoms with Crippen LogP contribution in [0.25, 0.3) is 11.0 Å². The third-order valence-electron chi connectivity index (χ3n) is 2.12. The molecule has 0 aliphatic heterocycles. The Balaban J connectivity index is 2.30. The minimum absolute atomic E-state index is 0.309. The highest BCUT2D eigenvalue weighted by molar-refractivity contribution is 5.76. The Labute approximate surface area is 86.9 Å². The van der Waals surface area contributed by atoms with Gasteiger partial charge in [0.15, 0.2) is 5.58 Å². The molecule has 0 saturated carbocycles. The van der Waals surface area contributed by atoms with Gasteiger partial charge in [-0.15, -0.1) is 0 Å². The second-order valence-electron chi connectivity index (χ2n) is 3.32. The first-order valence-corrected chi connectivity index (χ1v) is 4.67. The lowest BCUT2D eigenvalue weighted by Gasteiger charge is -2.10. The van der Waals surface area contributed by atoms with Gasteiger partial charge in [-0.2, -0.15) is 0 Å². The maximum Gasteiger partial charge on any atom is 0.303 e. The van der Waals surface area contributed by atoms with Crippen LogP contribution >= 0.6 is 0 Å². The molecule has 1 atom stereocenters. The van der Waals surface area contributed by atoms with Crippen molar-refractivity contribution in [1.82, 2.24) is 4.98 Å². The number of rotatable bonds is 2. The van der Waals surface area contributed by atoms with Crippen LogP contribution in [0.2, 0.25) is 0 Å². The Morgan fingerprint density at radius 3 is 3.13 bits per heavy atom. The molecule has 2 rings (SSSR count). The first-order valence-electron chi connectivity index (χ1n) is 4.67. The fourth-order valence-electron chi connectivity index (χ4n) is 1.42. The van der Waals surface area contributed by atoms with Crippen molar-refractivity contribution in [2.45, 2.75) is 20.0 Å². The van der Waals surface area contributed by atoms with Crippen molar-refractivity contribution in [2.24, 2.45) is 0 Å². The second kappa shape index (κ2) is 3.73. The SMILES string of the molecule is CC(=O)OC(C)c1cc2ccoc2cn1. The summed E-state index contributed by atoms with van der Waals surface area (Å²) in [6.07, 6.45) is 2.90. The monoisotopic (exact) mass is 205 g/mol. The molecule has 4 nitrogen and oxygen atoms in total. The number of nitrogens with zero attached hydrogens (tertiary/aromatic N) is 1. The van der Waals surface area contributed by atoms with Gasteiger partial charge in [0.2, 0.25) is 0 Å². The maximum absolute atomic E-state index is 10.8. The summed E-state index contributed by atoms with van der Waals surface area (Å²) >= 11 is 0. The van der Waals surface area contributed by atoms with Gasteiger partial charge in [-0.25, -0.2) is 0 Å². The number of hydrogen-bond donors (Lipinski definition) is 0. The topological polar surface area (TPSA) is 52.3 Å². The van der Waals surface area contributed by atoms with E-state index in [4.69, 9.17) is 9.15 Å². The molecule has 0 spiro atoms. The van der Waals surface area contributed by atoms with Crippen molar-refractivity contribution >= 4 is 16.9 Å². The van der Waals surface area contributed by atoms with Gasteiger partial charge < -0.3 is 9.15 Å². The molecule has 0 aliphatic rings. The number of carbonyl (C=O) groups excluding carboxylic acids is 1. The summed E-state index contributed by atoms with van der Waals surface area (Å²) < 4.78 is 10.2. The summed E-state index contributed by atoms with van der Waals surface area (Å²) in [7, 11) is 0. The molecule has 0 bridgehead atoms. The number of ether oxygens (including phenoxy) is 1. The summed E-state index contributed by atoms with van der Waals surface area (Å²) in [6, 6.07) is 3.70. The van der Waals surface area contributed by atoms with Crippen molar-refractivity contribution in [1.29, 1.82) is 0 Å². The minimum Gasteiger partial charge on any atom is -0.463 e. The van der Waals surface area contributed by atoms with Crippen LogP contribution in [0, 0.1) is 0 Å². The number of pyridine rings is 1. The quantitative estimate of drug-likeness (QED) is 0.706. The van der Waals surface area contributed by atoms with Crippen molar-refractivity contribution in [3.05, 3.63) is 30.3 Å². The summed E-state index contributed by atoms with van der Waals surface area (Å²) in [5, 5.41) is 0.957. The van der Waals surface area contributed by atoms with E-state index < -0.39 is 0 Å². The Morgan fingerprint density at radius 1 is 1.60 bits per heavy atom. The zero-order chi connectivity index (χ0) is 10.8. The molecule has 0 aromatic carbocycles. The van der Waals surface area contributed by atoms with E-state index in [1.165, 1.54) is 6.92 Å². The molecule has 2 aromatic rings. The predicted molar refractivity (Wildman–Crippen MR) is 54.2 cm³/mol. The average Bonchev–Trinajstić information content (AvgIpc) is 2.62. The summed E-state index contributed by atoms with van der Waals surface area (Å²) in [5.41, 5.74) is 1.45. The predicted octanol–water partition coefficient (Wildman–Crippen LogP) is 2.45. The van der Waals surface area contributed by atoms with Crippen LogP contribution in [0.3, 0.4) is 0 Å². The van der Waals surface area contributed by atoms with Crippen LogP contribution in [0.1, 0.15) is 25.6 Å². The van der Waals surface area contributed by atoms with Gasteiger partial charge in [0.1, 0.15) is 6.10 Å². The maximum atomic E-state index is 10.8. The van der Waals surface area contributed by atoms with E-state index in [2.05, 4.69) is 4.98 Å². The van der Waals surface area contributed by atoms with Crippen molar-refractivity contribution in [2.75, 3.05) is 0 Å². The van der Waals surface area contributed by atoms with E-state index in [0.29, 0.717) is 0 Å². The highest BCUT2D eigenvalue weighted by Gasteiger charge is 2.11. The molecule has 15 heavy (non-hydrogen) atoms. The van der Waals surface area contributed by atoms with E-state index in [1.807, 2.05) is 12.1 Å². The van der Waals surface area contributed by atoms with E-state index in [9.17, 15) is 4.79 Å². The molecular weight excluding hydrogens is 194 g/mol. The zero-order valence-electron chi connectivity index (χ0n) is 8.56. The molecule has 0 radical (unpaired) electrons. The molecule has 0 fully saturated rings. The van der Waals surface area contributed by atoms with Crippen LogP contribution in [-0.4, -0.2) is 11.0 Å². The van der Waals surface area contributed by atoms with Gasteiger partial charge in [0, 0.05) is 12.3 Å². The molecule has 2 heterocycles. The fourth-order valence-corrected chi connectivity index (χ4v) is 1.42. The van der Waals surface area contributed by atoms with Gasteiger partial charge in [0.05, 0.1) is 18.2 Å². The lowest BCUT2D eigenvalue weighted by Crippen LogP contribution is -2.06. The Kier molecular flexibility index (Phi) is 2.41. The number of aromatic nitrogens is 1. The Bertz CT molecular complexity index is 489. The first-order chi connectivity index (χ1) is 7.16. The van der Waals surface area contributed by atoms with Gasteiger partial charge in [-0.05, 0) is 19.1 Å². The van der Waals surface area contributed by atoms with Gasteiger partial charge in [-0.3, -0.25) is 9.78 Å². The number of hydrogen-bond acceptors (Lipinski definition) is 4. The number of furan rings is 1. The normalized spacial score (nSPS) is 12.7. The Morgan fingerprint density at radius 2 is 2.40 bits per heavy atom. The zero-order valence-corrected chi connectivity index (χ0v) is 8.56. The summed E-state index contributed by atoms with van der Waals surface area (Å²) in [5.74, 6) is -0.309. The highest BCUT2D eigenvalue weighted by Crippen LogP contribution is 2.20. The third-order valence-corrected chi connectivity index (χ3v) is 2.12. The number of esters is 1. The fraction of sp³-hybridized carbons (Fsp3) is 0.273. The summed E-state index contributed by atoms with van der Waals surface area (Å²) in [6.45, 7) is 3.17. The molecule has 0 N–H and O–H groups in total. The second-order valence-corrected chi connectivity index (χ2v) is 3.32. The van der Waals surface area contributed by atoms with E-state index in [0.717, 1.165) is 16.7 Å². The average molecular weight is 205 g/mol. The molecular formula is C11H11NO3. The molecule has 1 unspecified atom stereocenters. The smallest absolute Gasteiger partial charge is 0.303 e. The molecule has 78 valence electrons. The van der Waals surface area contributed by atoms with Crippen molar-refractivity contribution in [3.63, 3.8) is 0 Å². The lowest BCUT2D eigenvalue weighted by atomic mass is 10.2. The van der Waals surface area contributed by atoms with Crippen LogP contribution < -0.4 is 0 Å². The lowest BCUT2D eigenvalue weighted by molar-refractivity contribution is -0.145.